The molecule has 0 fully saturated rings. The molecule has 0 aliphatic carbocycles. The van der Waals surface area contributed by atoms with Gasteiger partial charge in [0.25, 0.3) is 0 Å². The highest BCUT2D eigenvalue weighted by Gasteiger charge is 2.11. The maximum absolute atomic E-state index is 6.12. The van der Waals surface area contributed by atoms with Gasteiger partial charge in [0.05, 0.1) is 10.7 Å². The lowest BCUT2D eigenvalue weighted by Crippen LogP contribution is -2.17. The van der Waals surface area contributed by atoms with Crippen molar-refractivity contribution in [2.75, 3.05) is 17.2 Å². The number of aryl methyl sites for hydroxylation is 1. The van der Waals surface area contributed by atoms with Crippen LogP contribution in [0.1, 0.15) is 12.5 Å². The average Bonchev–Trinajstić information content (AvgIpc) is 2.38. The topological polar surface area (TPSA) is 29.3 Å². The van der Waals surface area contributed by atoms with Crippen LogP contribution in [-0.4, -0.2) is 6.54 Å². The number of anilines is 3. The quantitative estimate of drug-likeness (QED) is 0.830. The summed E-state index contributed by atoms with van der Waals surface area (Å²) < 4.78 is 0. The van der Waals surface area contributed by atoms with Crippen molar-refractivity contribution >= 4 is 28.7 Å². The normalized spacial score (nSPS) is 10.4. The summed E-state index contributed by atoms with van der Waals surface area (Å²) in [7, 11) is 0. The molecule has 0 unspecified atom stereocenters. The maximum atomic E-state index is 6.12. The van der Waals surface area contributed by atoms with E-state index < -0.39 is 0 Å². The molecule has 0 spiro atoms. The van der Waals surface area contributed by atoms with Gasteiger partial charge in [-0.1, -0.05) is 29.8 Å². The molecule has 0 saturated heterocycles. The molecule has 2 aromatic carbocycles. The molecule has 94 valence electrons. The van der Waals surface area contributed by atoms with E-state index in [9.17, 15) is 0 Å². The molecule has 0 radical (unpaired) electrons. The molecule has 2 aromatic rings. The Morgan fingerprint density at radius 1 is 1.17 bits per heavy atom. The third kappa shape index (κ3) is 2.44. The van der Waals surface area contributed by atoms with Gasteiger partial charge in [0.1, 0.15) is 0 Å². The Balaban J connectivity index is 2.49. The number of hydrogen-bond donors (Lipinski definition) is 1. The monoisotopic (exact) mass is 260 g/mol. The van der Waals surface area contributed by atoms with Crippen molar-refractivity contribution in [3.8, 4) is 0 Å². The first-order chi connectivity index (χ1) is 8.63. The molecule has 0 atom stereocenters. The number of halogens is 1. The van der Waals surface area contributed by atoms with Crippen molar-refractivity contribution in [3.05, 3.63) is 53.1 Å². The maximum Gasteiger partial charge on any atom is 0.0656 e. The highest BCUT2D eigenvalue weighted by atomic mass is 35.5. The number of nitrogens with zero attached hydrogens (tertiary/aromatic N) is 1. The molecular formula is C15H17ClN2. The summed E-state index contributed by atoms with van der Waals surface area (Å²) in [6, 6.07) is 14.1. The second-order valence-corrected chi connectivity index (χ2v) is 4.65. The van der Waals surface area contributed by atoms with E-state index in [1.807, 2.05) is 37.3 Å². The van der Waals surface area contributed by atoms with E-state index in [2.05, 4.69) is 24.0 Å². The zero-order valence-corrected chi connectivity index (χ0v) is 11.4. The summed E-state index contributed by atoms with van der Waals surface area (Å²) in [4.78, 5) is 2.22. The first kappa shape index (κ1) is 12.8. The SMILES string of the molecule is CCN(c1ccccc1)c1cc(Cl)c(N)cc1C. The molecule has 0 saturated carbocycles. The van der Waals surface area contributed by atoms with Crippen molar-refractivity contribution in [2.45, 2.75) is 13.8 Å². The van der Waals surface area contributed by atoms with Gasteiger partial charge in [0.2, 0.25) is 0 Å². The van der Waals surface area contributed by atoms with Gasteiger partial charge in [-0.05, 0) is 43.7 Å². The highest BCUT2D eigenvalue weighted by molar-refractivity contribution is 6.33. The van der Waals surface area contributed by atoms with E-state index >= 15 is 0 Å². The van der Waals surface area contributed by atoms with Crippen LogP contribution in [0.2, 0.25) is 5.02 Å². The molecule has 0 bridgehead atoms. The van der Waals surface area contributed by atoms with Gasteiger partial charge < -0.3 is 10.6 Å². The van der Waals surface area contributed by atoms with Crippen LogP contribution in [0.5, 0.6) is 0 Å². The fourth-order valence-corrected chi connectivity index (χ4v) is 2.24. The predicted octanol–water partition coefficient (Wildman–Crippen LogP) is 4.39. The average molecular weight is 261 g/mol. The van der Waals surface area contributed by atoms with Crippen LogP contribution >= 0.6 is 11.6 Å². The molecular weight excluding hydrogens is 244 g/mol. The molecule has 2 N–H and O–H groups in total. The Morgan fingerprint density at radius 2 is 1.83 bits per heavy atom. The van der Waals surface area contributed by atoms with Crippen molar-refractivity contribution in [2.24, 2.45) is 0 Å². The van der Waals surface area contributed by atoms with E-state index in [-0.39, 0.29) is 0 Å². The fourth-order valence-electron chi connectivity index (χ4n) is 2.08. The van der Waals surface area contributed by atoms with Crippen LogP contribution in [0.3, 0.4) is 0 Å². The van der Waals surface area contributed by atoms with Gasteiger partial charge in [-0.2, -0.15) is 0 Å². The summed E-state index contributed by atoms with van der Waals surface area (Å²) in [5, 5.41) is 0.602. The van der Waals surface area contributed by atoms with Gasteiger partial charge in [0.15, 0.2) is 0 Å². The number of nitrogens with two attached hydrogens (primary N) is 1. The van der Waals surface area contributed by atoms with Crippen LogP contribution in [0.25, 0.3) is 0 Å². The van der Waals surface area contributed by atoms with Gasteiger partial charge in [-0.25, -0.2) is 0 Å². The molecule has 18 heavy (non-hydrogen) atoms. The Bertz CT molecular complexity index is 538. The van der Waals surface area contributed by atoms with Crippen LogP contribution in [-0.2, 0) is 0 Å². The second-order valence-electron chi connectivity index (χ2n) is 4.24. The van der Waals surface area contributed by atoms with Crippen LogP contribution in [0.15, 0.2) is 42.5 Å². The molecule has 2 rings (SSSR count). The van der Waals surface area contributed by atoms with E-state index in [4.69, 9.17) is 17.3 Å². The van der Waals surface area contributed by atoms with Crippen molar-refractivity contribution in [1.82, 2.24) is 0 Å². The zero-order chi connectivity index (χ0) is 13.1. The Morgan fingerprint density at radius 3 is 2.44 bits per heavy atom. The fraction of sp³-hybridized carbons (Fsp3) is 0.200. The minimum absolute atomic E-state index is 0.602. The molecule has 0 heterocycles. The van der Waals surface area contributed by atoms with E-state index in [0.29, 0.717) is 10.7 Å². The largest absolute Gasteiger partial charge is 0.398 e. The van der Waals surface area contributed by atoms with Crippen LogP contribution < -0.4 is 10.6 Å². The van der Waals surface area contributed by atoms with Crippen LogP contribution in [0.4, 0.5) is 17.1 Å². The van der Waals surface area contributed by atoms with Gasteiger partial charge in [-0.15, -0.1) is 0 Å². The molecule has 2 nitrogen and oxygen atoms in total. The third-order valence-corrected chi connectivity index (χ3v) is 3.32. The predicted molar refractivity (Wildman–Crippen MR) is 79.7 cm³/mol. The molecule has 0 aromatic heterocycles. The number of para-hydroxylation sites is 1. The Hall–Kier alpha value is -1.67. The Labute approximate surface area is 113 Å². The lowest BCUT2D eigenvalue weighted by atomic mass is 10.1. The molecule has 3 heteroatoms. The lowest BCUT2D eigenvalue weighted by Gasteiger charge is -2.25. The van der Waals surface area contributed by atoms with Crippen molar-refractivity contribution in [3.63, 3.8) is 0 Å². The number of benzene rings is 2. The summed E-state index contributed by atoms with van der Waals surface area (Å²) in [5.74, 6) is 0. The first-order valence-electron chi connectivity index (χ1n) is 6.01. The Kier molecular flexibility index (Phi) is 3.78. The highest BCUT2D eigenvalue weighted by Crippen LogP contribution is 2.33. The minimum atomic E-state index is 0.602. The minimum Gasteiger partial charge on any atom is -0.398 e. The summed E-state index contributed by atoms with van der Waals surface area (Å²) >= 11 is 6.12. The van der Waals surface area contributed by atoms with E-state index in [1.54, 1.807) is 0 Å². The van der Waals surface area contributed by atoms with Gasteiger partial charge in [0, 0.05) is 17.9 Å². The van der Waals surface area contributed by atoms with E-state index in [0.717, 1.165) is 23.5 Å². The second kappa shape index (κ2) is 5.32. The number of rotatable bonds is 3. The molecule has 0 aliphatic heterocycles. The van der Waals surface area contributed by atoms with Gasteiger partial charge >= 0.3 is 0 Å². The van der Waals surface area contributed by atoms with E-state index in [1.165, 1.54) is 0 Å². The zero-order valence-electron chi connectivity index (χ0n) is 10.7. The summed E-state index contributed by atoms with van der Waals surface area (Å²) in [5.41, 5.74) is 9.83. The van der Waals surface area contributed by atoms with Crippen LogP contribution in [0, 0.1) is 6.92 Å². The lowest BCUT2D eigenvalue weighted by molar-refractivity contribution is 1.02. The standard InChI is InChI=1S/C15H17ClN2/c1-3-18(12-7-5-4-6-8-12)15-10-13(16)14(17)9-11(15)2/h4-10H,3,17H2,1-2H3. The molecule has 0 aliphatic rings. The van der Waals surface area contributed by atoms with Gasteiger partial charge in [-0.3, -0.25) is 0 Å². The third-order valence-electron chi connectivity index (χ3n) is 2.99. The number of hydrogen-bond acceptors (Lipinski definition) is 2. The number of nitrogen functional groups attached to an aromatic ring is 1. The first-order valence-corrected chi connectivity index (χ1v) is 6.39. The summed E-state index contributed by atoms with van der Waals surface area (Å²) in [6.07, 6.45) is 0. The van der Waals surface area contributed by atoms with Crippen molar-refractivity contribution < 1.29 is 0 Å². The molecule has 0 amide bonds. The summed E-state index contributed by atoms with van der Waals surface area (Å²) in [6.45, 7) is 5.05. The smallest absolute Gasteiger partial charge is 0.0656 e. The van der Waals surface area contributed by atoms with Crippen molar-refractivity contribution in [1.29, 1.82) is 0 Å².